The second-order valence-electron chi connectivity index (χ2n) is 15.9. The second kappa shape index (κ2) is 20.0. The fourth-order valence-electron chi connectivity index (χ4n) is 6.78. The summed E-state index contributed by atoms with van der Waals surface area (Å²) in [5.41, 5.74) is 12.5. The summed E-state index contributed by atoms with van der Waals surface area (Å²) in [7, 11) is -5.37. The lowest BCUT2D eigenvalue weighted by Gasteiger charge is -2.32. The number of primary amides is 1. The van der Waals surface area contributed by atoms with Gasteiger partial charge in [0.15, 0.2) is 0 Å². The summed E-state index contributed by atoms with van der Waals surface area (Å²) in [6, 6.07) is 26.2. The van der Waals surface area contributed by atoms with E-state index < -0.39 is 60.1 Å². The van der Waals surface area contributed by atoms with Gasteiger partial charge >= 0.3 is 6.09 Å². The summed E-state index contributed by atoms with van der Waals surface area (Å²) in [5, 5.41) is 24.4. The lowest BCUT2D eigenvalue weighted by atomic mass is 9.86. The third-order valence-corrected chi connectivity index (χ3v) is 13.8. The van der Waals surface area contributed by atoms with Gasteiger partial charge in [0.25, 0.3) is 0 Å². The van der Waals surface area contributed by atoms with Crippen LogP contribution < -0.4 is 30.4 Å². The number of carbonyl (C=O) groups excluding carboxylic acids is 1. The van der Waals surface area contributed by atoms with Crippen LogP contribution in [-0.4, -0.2) is 97.6 Å². The molecule has 344 valence electrons. The molecule has 0 saturated heterocycles. The zero-order valence-electron chi connectivity index (χ0n) is 36.6. The number of aliphatic hydroxyl groups excluding tert-OH is 1. The third-order valence-electron chi connectivity index (χ3n) is 10.3. The fraction of sp³-hybridized carbons (Fsp3) is 0.295. The van der Waals surface area contributed by atoms with Crippen LogP contribution in [0.25, 0.3) is 22.5 Å². The monoisotopic (exact) mass is 929 g/mol. The zero-order chi connectivity index (χ0) is 47.1. The molecule has 65 heavy (non-hydrogen) atoms. The average molecular weight is 930 g/mol. The number of anilines is 1. The van der Waals surface area contributed by atoms with Crippen molar-refractivity contribution in [3.63, 3.8) is 0 Å². The molecule has 2 atom stereocenters. The Morgan fingerprint density at radius 2 is 1.34 bits per heavy atom. The van der Waals surface area contributed by atoms with Gasteiger partial charge in [-0.05, 0) is 87.5 Å². The van der Waals surface area contributed by atoms with Gasteiger partial charge in [-0.2, -0.15) is 9.10 Å². The molecular formula is C44H51N9O10S2. The predicted molar refractivity (Wildman–Crippen MR) is 241 cm³/mol. The number of hydrogen-bond acceptors (Lipinski definition) is 15. The minimum Gasteiger partial charge on any atom is -0.497 e. The number of pyridine rings is 1. The molecule has 1 amide bonds. The van der Waals surface area contributed by atoms with Crippen molar-refractivity contribution >= 4 is 32.0 Å². The number of methoxy groups -OCH3 is 3. The van der Waals surface area contributed by atoms with Crippen LogP contribution in [0.3, 0.4) is 0 Å². The van der Waals surface area contributed by atoms with Gasteiger partial charge in [0.05, 0.1) is 46.1 Å². The maximum Gasteiger partial charge on any atom is 0.404 e. The van der Waals surface area contributed by atoms with E-state index in [0.717, 1.165) is 15.9 Å². The number of aromatic nitrogens is 5. The van der Waals surface area contributed by atoms with Gasteiger partial charge < -0.3 is 35.5 Å². The number of ether oxygens (including phenoxy) is 4. The molecule has 0 aliphatic carbocycles. The Morgan fingerprint density at radius 3 is 1.82 bits per heavy atom. The molecule has 21 heteroatoms. The summed E-state index contributed by atoms with van der Waals surface area (Å²) in [6.45, 7) is 3.86. The third kappa shape index (κ3) is 11.5. The topological polar surface area (TPSA) is 266 Å². The van der Waals surface area contributed by atoms with E-state index in [2.05, 4.69) is 25.1 Å². The first-order chi connectivity index (χ1) is 30.8. The Labute approximate surface area is 377 Å². The minimum absolute atomic E-state index is 0.0931. The first-order valence-corrected chi connectivity index (χ1v) is 22.9. The highest BCUT2D eigenvalue weighted by atomic mass is 32.2. The van der Waals surface area contributed by atoms with E-state index in [4.69, 9.17) is 30.4 Å². The Hall–Kier alpha value is -6.65. The smallest absolute Gasteiger partial charge is 0.404 e. The highest BCUT2D eigenvalue weighted by Crippen LogP contribution is 2.41. The van der Waals surface area contributed by atoms with E-state index in [9.17, 15) is 18.3 Å². The van der Waals surface area contributed by atoms with E-state index in [-0.39, 0.29) is 42.4 Å². The fourth-order valence-corrected chi connectivity index (χ4v) is 10.2. The van der Waals surface area contributed by atoms with Crippen LogP contribution in [0.15, 0.2) is 113 Å². The summed E-state index contributed by atoms with van der Waals surface area (Å²) >= 11 is 0. The second-order valence-corrected chi connectivity index (χ2v) is 19.5. The van der Waals surface area contributed by atoms with Crippen LogP contribution >= 0.6 is 0 Å². The molecule has 2 heterocycles. The van der Waals surface area contributed by atoms with Crippen molar-refractivity contribution in [2.45, 2.75) is 62.4 Å². The molecule has 4 aromatic carbocycles. The van der Waals surface area contributed by atoms with Crippen molar-refractivity contribution < 1.29 is 45.7 Å². The number of carbonyl (C=O) groups is 1. The van der Waals surface area contributed by atoms with Crippen molar-refractivity contribution in [3.05, 3.63) is 120 Å². The van der Waals surface area contributed by atoms with Gasteiger partial charge in [-0.15, -0.1) is 10.2 Å². The lowest BCUT2D eigenvalue weighted by molar-refractivity contribution is -0.0458. The number of nitrogens with zero attached hydrogens (tertiary/aromatic N) is 6. The van der Waals surface area contributed by atoms with Crippen LogP contribution in [-0.2, 0) is 44.4 Å². The summed E-state index contributed by atoms with van der Waals surface area (Å²) < 4.78 is 86.1. The molecule has 1 unspecified atom stereocenters. The Bertz CT molecular complexity index is 2750. The number of nitrogen functional groups attached to an aromatic ring is 1. The standard InChI is InChI=1S/C44H51N9O10S2/c1-44(2,3)41(54)36(63-43(46)55)24-48-64(56,57)37-21-20-35(31-13-22-38(45)47-23-31)39(42-49-51-53(50-42)27-30-11-18-34(62-6)19-12-30)40(37)65(58,59)52(25-28-7-14-32(60-4)15-8-28)26-29-9-16-33(61-5)17-10-29/h7-23,36,41,48,54H,24-27H2,1-6H3,(H2,45,47)(H2,46,55)/t36-,41?/m0/s1. The first-order valence-electron chi connectivity index (χ1n) is 20.0. The van der Waals surface area contributed by atoms with E-state index >= 15 is 8.42 Å². The first kappa shape index (κ1) is 47.8. The van der Waals surface area contributed by atoms with Crippen molar-refractivity contribution in [1.29, 1.82) is 0 Å². The number of benzene rings is 4. The van der Waals surface area contributed by atoms with Crippen LogP contribution in [0.1, 0.15) is 37.5 Å². The number of nitrogens with two attached hydrogens (primary N) is 2. The molecule has 0 saturated carbocycles. The van der Waals surface area contributed by atoms with Crippen LogP contribution in [0.5, 0.6) is 17.2 Å². The Kier molecular flexibility index (Phi) is 14.7. The van der Waals surface area contributed by atoms with Gasteiger partial charge in [-0.25, -0.2) is 31.3 Å². The predicted octanol–water partition coefficient (Wildman–Crippen LogP) is 4.60. The highest BCUT2D eigenvalue weighted by Gasteiger charge is 2.39. The van der Waals surface area contributed by atoms with Crippen LogP contribution in [0.4, 0.5) is 10.6 Å². The number of hydrogen-bond donors (Lipinski definition) is 4. The van der Waals surface area contributed by atoms with Gasteiger partial charge in [0.2, 0.25) is 25.9 Å². The summed E-state index contributed by atoms with van der Waals surface area (Å²) in [6.07, 6.45) is -2.75. The molecule has 0 radical (unpaired) electrons. The van der Waals surface area contributed by atoms with Crippen molar-refractivity contribution in [2.75, 3.05) is 33.6 Å². The summed E-state index contributed by atoms with van der Waals surface area (Å²) in [4.78, 5) is 16.0. The van der Waals surface area contributed by atoms with Crippen LogP contribution in [0, 0.1) is 5.41 Å². The maximum absolute atomic E-state index is 15.9. The molecule has 6 N–H and O–H groups in total. The molecule has 0 fully saturated rings. The number of amides is 1. The van der Waals surface area contributed by atoms with E-state index in [1.165, 1.54) is 37.3 Å². The molecule has 0 aliphatic heterocycles. The zero-order valence-corrected chi connectivity index (χ0v) is 38.2. The average Bonchev–Trinajstić information content (AvgIpc) is 3.75. The molecular weight excluding hydrogens is 879 g/mol. The molecule has 0 aliphatic rings. The quantitative estimate of drug-likeness (QED) is 0.0865. The normalized spacial score (nSPS) is 13.0. The van der Waals surface area contributed by atoms with Gasteiger partial charge in [-0.1, -0.05) is 63.2 Å². The Balaban J connectivity index is 1.61. The molecule has 6 aromatic rings. The maximum atomic E-state index is 15.9. The molecule has 19 nitrogen and oxygen atoms in total. The van der Waals surface area contributed by atoms with Crippen molar-refractivity contribution in [1.82, 2.24) is 34.2 Å². The van der Waals surface area contributed by atoms with Crippen molar-refractivity contribution in [2.24, 2.45) is 11.1 Å². The molecule has 2 aromatic heterocycles. The molecule has 0 spiro atoms. The van der Waals surface area contributed by atoms with Gasteiger partial charge in [-0.3, -0.25) is 0 Å². The summed E-state index contributed by atoms with van der Waals surface area (Å²) in [5.74, 6) is 1.62. The van der Waals surface area contributed by atoms with E-state index in [0.29, 0.717) is 33.9 Å². The number of rotatable bonds is 19. The SMILES string of the molecule is COc1ccc(CN(Cc2ccc(OC)cc2)S(=O)(=O)c2c(S(=O)(=O)NC[C@H](OC(N)=O)C(O)C(C)(C)C)ccc(-c3ccc(N)nc3)c2-c2nnn(Cc3ccc(OC)cc3)n2)cc1. The minimum atomic E-state index is -4.99. The number of nitrogens with one attached hydrogen (secondary N) is 1. The highest BCUT2D eigenvalue weighted by molar-refractivity contribution is 7.92. The molecule has 6 rings (SSSR count). The largest absolute Gasteiger partial charge is 0.497 e. The van der Waals surface area contributed by atoms with Crippen LogP contribution in [0.2, 0.25) is 0 Å². The van der Waals surface area contributed by atoms with Gasteiger partial charge in [0.1, 0.15) is 39.0 Å². The number of aliphatic hydroxyl groups is 1. The number of tetrazole rings is 1. The Morgan fingerprint density at radius 1 is 0.800 bits per heavy atom. The lowest BCUT2D eigenvalue weighted by Crippen LogP contribution is -2.48. The number of sulfonamides is 2. The van der Waals surface area contributed by atoms with Gasteiger partial charge in [0, 0.05) is 24.8 Å². The van der Waals surface area contributed by atoms with E-state index in [1.54, 1.807) is 107 Å². The molecule has 0 bridgehead atoms. The van der Waals surface area contributed by atoms with E-state index in [1.807, 2.05) is 0 Å². The van der Waals surface area contributed by atoms with Crippen molar-refractivity contribution in [3.8, 4) is 39.8 Å².